The van der Waals surface area contributed by atoms with Crippen LogP contribution >= 0.6 is 0 Å². The number of ether oxygens (including phenoxy) is 1. The van der Waals surface area contributed by atoms with Gasteiger partial charge in [-0.3, -0.25) is 0 Å². The van der Waals surface area contributed by atoms with Crippen LogP contribution in [0.5, 0.6) is 5.75 Å². The maximum absolute atomic E-state index is 13.7. The van der Waals surface area contributed by atoms with E-state index in [4.69, 9.17) is 4.74 Å². The molecule has 0 saturated carbocycles. The molecule has 0 bridgehead atoms. The average molecular weight is 420 g/mol. The van der Waals surface area contributed by atoms with E-state index in [1.807, 2.05) is 19.9 Å². The van der Waals surface area contributed by atoms with Gasteiger partial charge >= 0.3 is 0 Å². The summed E-state index contributed by atoms with van der Waals surface area (Å²) in [7, 11) is -2.53. The summed E-state index contributed by atoms with van der Waals surface area (Å²) in [6, 6.07) is 8.89. The first-order chi connectivity index (χ1) is 13.8. The van der Waals surface area contributed by atoms with Crippen LogP contribution in [-0.4, -0.2) is 48.6 Å². The Hall–Kier alpha value is -3.05. The molecule has 154 valence electrons. The lowest BCUT2D eigenvalue weighted by Crippen LogP contribution is -2.29. The smallest absolute Gasteiger partial charge is 0.240 e. The van der Waals surface area contributed by atoms with Gasteiger partial charge < -0.3 is 10.1 Å². The van der Waals surface area contributed by atoms with E-state index in [9.17, 15) is 12.8 Å². The summed E-state index contributed by atoms with van der Waals surface area (Å²) in [5.74, 6) is 0.313. The molecule has 2 N–H and O–H groups in total. The van der Waals surface area contributed by atoms with Crippen molar-refractivity contribution in [1.82, 2.24) is 24.7 Å². The fraction of sp³-hybridized carbons (Fsp3) is 0.278. The summed E-state index contributed by atoms with van der Waals surface area (Å²) in [5.41, 5.74) is 1.83. The van der Waals surface area contributed by atoms with Crippen LogP contribution in [0.1, 0.15) is 11.4 Å². The van der Waals surface area contributed by atoms with Gasteiger partial charge in [0.05, 0.1) is 17.7 Å². The Morgan fingerprint density at radius 3 is 2.48 bits per heavy atom. The zero-order chi connectivity index (χ0) is 21.0. The number of hydrogen-bond donors (Lipinski definition) is 2. The molecular weight excluding hydrogens is 399 g/mol. The molecule has 11 heteroatoms. The first-order valence-electron chi connectivity index (χ1n) is 8.74. The highest BCUT2D eigenvalue weighted by molar-refractivity contribution is 7.89. The molecule has 0 saturated heterocycles. The maximum Gasteiger partial charge on any atom is 0.240 e. The van der Waals surface area contributed by atoms with Crippen molar-refractivity contribution in [2.24, 2.45) is 0 Å². The van der Waals surface area contributed by atoms with Crippen molar-refractivity contribution in [3.8, 4) is 11.6 Å². The molecule has 2 heterocycles. The first kappa shape index (κ1) is 20.7. The number of nitrogens with zero attached hydrogens (tertiary/aromatic N) is 4. The Labute approximate surface area is 168 Å². The van der Waals surface area contributed by atoms with Gasteiger partial charge in [0.25, 0.3) is 0 Å². The normalized spacial score (nSPS) is 11.4. The van der Waals surface area contributed by atoms with Crippen LogP contribution in [0, 0.1) is 19.7 Å². The standard InChI is InChI=1S/C18H21FN6O3S/c1-12-10-13(2)25(24-12)18-7-6-17(22-23-18)20-8-9-21-29(26,27)14-4-5-16(28-3)15(19)11-14/h4-7,10-11,21H,8-9H2,1-3H3,(H,20,22). The topological polar surface area (TPSA) is 111 Å². The summed E-state index contributed by atoms with van der Waals surface area (Å²) in [6.45, 7) is 4.17. The molecule has 3 aromatic rings. The largest absolute Gasteiger partial charge is 0.494 e. The Balaban J connectivity index is 1.55. The van der Waals surface area contributed by atoms with Gasteiger partial charge in [-0.1, -0.05) is 0 Å². The second kappa shape index (κ2) is 8.53. The van der Waals surface area contributed by atoms with Gasteiger partial charge in [-0.25, -0.2) is 22.2 Å². The molecule has 0 aliphatic heterocycles. The van der Waals surface area contributed by atoms with Crippen molar-refractivity contribution in [2.45, 2.75) is 18.7 Å². The van der Waals surface area contributed by atoms with E-state index >= 15 is 0 Å². The Kier molecular flexibility index (Phi) is 6.09. The predicted molar refractivity (Wildman–Crippen MR) is 105 cm³/mol. The van der Waals surface area contributed by atoms with Gasteiger partial charge in [-0.15, -0.1) is 10.2 Å². The van der Waals surface area contributed by atoms with Crippen LogP contribution in [0.2, 0.25) is 0 Å². The number of aromatic nitrogens is 4. The molecule has 2 aromatic heterocycles. The van der Waals surface area contributed by atoms with E-state index in [1.54, 1.807) is 16.8 Å². The molecular formula is C18H21FN6O3S. The monoisotopic (exact) mass is 420 g/mol. The lowest BCUT2D eigenvalue weighted by Gasteiger charge is -2.09. The lowest BCUT2D eigenvalue weighted by molar-refractivity contribution is 0.385. The molecule has 0 spiro atoms. The SMILES string of the molecule is COc1ccc(S(=O)(=O)NCCNc2ccc(-n3nc(C)cc3C)nn2)cc1F. The summed E-state index contributed by atoms with van der Waals surface area (Å²) >= 11 is 0. The van der Waals surface area contributed by atoms with Crippen LogP contribution in [0.25, 0.3) is 5.82 Å². The summed E-state index contributed by atoms with van der Waals surface area (Å²) in [5, 5.41) is 15.5. The molecule has 0 radical (unpaired) electrons. The number of hydrogen-bond acceptors (Lipinski definition) is 7. The summed E-state index contributed by atoms with van der Waals surface area (Å²) in [6.07, 6.45) is 0. The number of nitrogens with one attached hydrogen (secondary N) is 2. The summed E-state index contributed by atoms with van der Waals surface area (Å²) in [4.78, 5) is -0.176. The highest BCUT2D eigenvalue weighted by atomic mass is 32.2. The fourth-order valence-corrected chi connectivity index (χ4v) is 3.71. The van der Waals surface area contributed by atoms with E-state index < -0.39 is 15.8 Å². The van der Waals surface area contributed by atoms with Crippen molar-refractivity contribution in [2.75, 3.05) is 25.5 Å². The summed E-state index contributed by atoms with van der Waals surface area (Å²) < 4.78 is 47.1. The zero-order valence-corrected chi connectivity index (χ0v) is 17.0. The zero-order valence-electron chi connectivity index (χ0n) is 16.2. The molecule has 0 fully saturated rings. The van der Waals surface area contributed by atoms with E-state index in [1.165, 1.54) is 19.2 Å². The molecule has 0 unspecified atom stereocenters. The number of benzene rings is 1. The number of aryl methyl sites for hydroxylation is 2. The average Bonchev–Trinajstić information content (AvgIpc) is 3.03. The third-order valence-corrected chi connectivity index (χ3v) is 5.49. The number of anilines is 1. The van der Waals surface area contributed by atoms with E-state index in [0.29, 0.717) is 11.6 Å². The molecule has 1 aromatic carbocycles. The molecule has 3 rings (SSSR count). The lowest BCUT2D eigenvalue weighted by atomic mass is 10.3. The fourth-order valence-electron chi connectivity index (χ4n) is 2.67. The van der Waals surface area contributed by atoms with Gasteiger partial charge in [0.2, 0.25) is 10.0 Å². The minimum absolute atomic E-state index is 0.0203. The molecule has 0 atom stereocenters. The van der Waals surface area contributed by atoms with Crippen molar-refractivity contribution in [3.63, 3.8) is 0 Å². The molecule has 29 heavy (non-hydrogen) atoms. The molecule has 0 amide bonds. The van der Waals surface area contributed by atoms with Crippen LogP contribution in [0.15, 0.2) is 41.3 Å². The van der Waals surface area contributed by atoms with E-state index in [2.05, 4.69) is 25.3 Å². The van der Waals surface area contributed by atoms with Gasteiger partial charge in [0.1, 0.15) is 5.82 Å². The maximum atomic E-state index is 13.7. The van der Waals surface area contributed by atoms with Gasteiger partial charge in [-0.05, 0) is 50.2 Å². The van der Waals surface area contributed by atoms with E-state index in [-0.39, 0.29) is 23.7 Å². The first-order valence-corrected chi connectivity index (χ1v) is 10.2. The number of methoxy groups -OCH3 is 1. The minimum Gasteiger partial charge on any atom is -0.494 e. The van der Waals surface area contributed by atoms with Crippen molar-refractivity contribution < 1.29 is 17.5 Å². The second-order valence-corrected chi connectivity index (χ2v) is 8.00. The minimum atomic E-state index is -3.84. The van der Waals surface area contributed by atoms with Crippen LogP contribution in [0.3, 0.4) is 0 Å². The molecule has 9 nitrogen and oxygen atoms in total. The van der Waals surface area contributed by atoms with Crippen molar-refractivity contribution in [3.05, 3.63) is 53.6 Å². The highest BCUT2D eigenvalue weighted by Gasteiger charge is 2.16. The Morgan fingerprint density at radius 1 is 1.10 bits per heavy atom. The Bertz CT molecular complexity index is 1100. The van der Waals surface area contributed by atoms with Gasteiger partial charge in [-0.2, -0.15) is 5.10 Å². The molecule has 0 aliphatic rings. The van der Waals surface area contributed by atoms with Crippen LogP contribution in [-0.2, 0) is 10.0 Å². The number of rotatable bonds is 8. The van der Waals surface area contributed by atoms with Crippen LogP contribution in [0.4, 0.5) is 10.2 Å². The van der Waals surface area contributed by atoms with Crippen LogP contribution < -0.4 is 14.8 Å². The molecule has 0 aliphatic carbocycles. The predicted octanol–water partition coefficient (Wildman–Crippen LogP) is 1.82. The number of halogens is 1. The third-order valence-electron chi connectivity index (χ3n) is 4.03. The van der Waals surface area contributed by atoms with Crippen molar-refractivity contribution in [1.29, 1.82) is 0 Å². The third kappa shape index (κ3) is 4.87. The quantitative estimate of drug-likeness (QED) is 0.535. The Morgan fingerprint density at radius 2 is 1.90 bits per heavy atom. The van der Waals surface area contributed by atoms with Crippen molar-refractivity contribution >= 4 is 15.8 Å². The second-order valence-electron chi connectivity index (χ2n) is 6.24. The van der Waals surface area contributed by atoms with E-state index in [0.717, 1.165) is 17.5 Å². The van der Waals surface area contributed by atoms with Gasteiger partial charge in [0, 0.05) is 18.8 Å². The highest BCUT2D eigenvalue weighted by Crippen LogP contribution is 2.20. The van der Waals surface area contributed by atoms with Gasteiger partial charge in [0.15, 0.2) is 17.4 Å². The number of sulfonamides is 1.